The van der Waals surface area contributed by atoms with E-state index in [0.717, 1.165) is 34.4 Å². The topological polar surface area (TPSA) is 55.8 Å². The summed E-state index contributed by atoms with van der Waals surface area (Å²) in [5, 5.41) is -0.273. The Labute approximate surface area is 175 Å². The van der Waals surface area contributed by atoms with Gasteiger partial charge in [0.1, 0.15) is 18.1 Å². The van der Waals surface area contributed by atoms with E-state index in [1.165, 1.54) is 4.90 Å². The van der Waals surface area contributed by atoms with E-state index in [9.17, 15) is 9.59 Å². The van der Waals surface area contributed by atoms with Crippen molar-refractivity contribution < 1.29 is 19.1 Å². The number of amides is 2. The van der Waals surface area contributed by atoms with Crippen molar-refractivity contribution in [2.24, 2.45) is 5.92 Å². The van der Waals surface area contributed by atoms with Gasteiger partial charge in [-0.3, -0.25) is 14.5 Å². The highest BCUT2D eigenvalue weighted by molar-refractivity contribution is 8.18. The summed E-state index contributed by atoms with van der Waals surface area (Å²) >= 11 is 0.955. The number of carbonyl (C=O) groups is 2. The number of nitrogens with zero attached hydrogens (tertiary/aromatic N) is 1. The highest BCUT2D eigenvalue weighted by Gasteiger charge is 2.34. The first-order valence-corrected chi connectivity index (χ1v) is 10.4. The Hall–Kier alpha value is -2.73. The lowest BCUT2D eigenvalue weighted by Crippen LogP contribution is -2.32. The maximum atomic E-state index is 12.6. The summed E-state index contributed by atoms with van der Waals surface area (Å²) in [5.41, 5.74) is 2.00. The smallest absolute Gasteiger partial charge is 0.293 e. The summed E-state index contributed by atoms with van der Waals surface area (Å²) in [5.74, 6) is 1.68. The molecule has 0 saturated carbocycles. The van der Waals surface area contributed by atoms with Gasteiger partial charge in [0.05, 0.1) is 18.1 Å². The number of thioether (sulfide) groups is 1. The molecule has 1 aliphatic heterocycles. The predicted molar refractivity (Wildman–Crippen MR) is 116 cm³/mol. The Morgan fingerprint density at radius 1 is 0.966 bits per heavy atom. The highest BCUT2D eigenvalue weighted by Crippen LogP contribution is 2.32. The molecule has 3 rings (SSSR count). The van der Waals surface area contributed by atoms with Crippen LogP contribution in [0.3, 0.4) is 0 Å². The molecule has 0 aliphatic carbocycles. The molecule has 1 heterocycles. The van der Waals surface area contributed by atoms with Crippen LogP contribution in [0.15, 0.2) is 53.4 Å². The average Bonchev–Trinajstić information content (AvgIpc) is 2.96. The number of ether oxygens (including phenoxy) is 2. The van der Waals surface area contributed by atoms with Crippen LogP contribution in [0, 0.1) is 12.8 Å². The van der Waals surface area contributed by atoms with E-state index >= 15 is 0 Å². The summed E-state index contributed by atoms with van der Waals surface area (Å²) in [6, 6.07) is 15.2. The number of benzene rings is 2. The third-order valence-corrected chi connectivity index (χ3v) is 5.15. The molecule has 152 valence electrons. The zero-order valence-corrected chi connectivity index (χ0v) is 17.7. The fraction of sp³-hybridized carbons (Fsp3) is 0.304. The molecule has 1 fully saturated rings. The van der Waals surface area contributed by atoms with Gasteiger partial charge in [-0.2, -0.15) is 0 Å². The fourth-order valence-corrected chi connectivity index (χ4v) is 3.52. The standard InChI is InChI=1S/C23H25NO4S/c1-16(2)15-28-20-10-6-18(7-11-20)14-21-22(25)24(23(26)29-21)12-13-27-19-8-4-17(3)5-9-19/h4-11,14,16H,12-13,15H2,1-3H3/b21-14-. The second-order valence-corrected chi connectivity index (χ2v) is 8.26. The Morgan fingerprint density at radius 2 is 1.59 bits per heavy atom. The molecule has 1 aliphatic rings. The third-order valence-electron chi connectivity index (χ3n) is 4.24. The minimum atomic E-state index is -0.285. The summed E-state index contributed by atoms with van der Waals surface area (Å²) in [6.07, 6.45) is 1.73. The minimum Gasteiger partial charge on any atom is -0.493 e. The molecule has 6 heteroatoms. The van der Waals surface area contributed by atoms with E-state index in [4.69, 9.17) is 9.47 Å². The lowest BCUT2D eigenvalue weighted by Gasteiger charge is -2.13. The predicted octanol–water partition coefficient (Wildman–Crippen LogP) is 5.15. The lowest BCUT2D eigenvalue weighted by atomic mass is 10.2. The molecular formula is C23H25NO4S. The van der Waals surface area contributed by atoms with E-state index in [0.29, 0.717) is 17.4 Å². The van der Waals surface area contributed by atoms with Crippen LogP contribution >= 0.6 is 11.8 Å². The first-order chi connectivity index (χ1) is 13.9. The maximum Gasteiger partial charge on any atom is 0.293 e. The molecule has 29 heavy (non-hydrogen) atoms. The molecule has 0 N–H and O–H groups in total. The molecule has 5 nitrogen and oxygen atoms in total. The minimum absolute atomic E-state index is 0.220. The largest absolute Gasteiger partial charge is 0.493 e. The molecule has 0 atom stereocenters. The van der Waals surface area contributed by atoms with Crippen molar-refractivity contribution in [1.82, 2.24) is 4.90 Å². The van der Waals surface area contributed by atoms with Gasteiger partial charge in [-0.15, -0.1) is 0 Å². The number of hydrogen-bond donors (Lipinski definition) is 0. The maximum absolute atomic E-state index is 12.6. The summed E-state index contributed by atoms with van der Waals surface area (Å²) in [7, 11) is 0. The average molecular weight is 412 g/mol. The Morgan fingerprint density at radius 3 is 2.24 bits per heavy atom. The van der Waals surface area contributed by atoms with Crippen LogP contribution in [0.5, 0.6) is 11.5 Å². The Balaban J connectivity index is 1.56. The monoisotopic (exact) mass is 411 g/mol. The molecule has 0 radical (unpaired) electrons. The zero-order valence-electron chi connectivity index (χ0n) is 16.9. The molecule has 0 bridgehead atoms. The second kappa shape index (κ2) is 9.65. The number of hydrogen-bond acceptors (Lipinski definition) is 5. The van der Waals surface area contributed by atoms with E-state index in [-0.39, 0.29) is 24.3 Å². The van der Waals surface area contributed by atoms with Gasteiger partial charge in [0.2, 0.25) is 0 Å². The molecule has 2 aromatic rings. The molecule has 2 amide bonds. The molecule has 1 saturated heterocycles. The summed E-state index contributed by atoms with van der Waals surface area (Å²) in [6.45, 7) is 7.33. The first-order valence-electron chi connectivity index (χ1n) is 9.60. The van der Waals surface area contributed by atoms with Crippen molar-refractivity contribution >= 4 is 29.0 Å². The van der Waals surface area contributed by atoms with E-state index in [1.54, 1.807) is 6.08 Å². The molecule has 0 unspecified atom stereocenters. The van der Waals surface area contributed by atoms with Gasteiger partial charge in [0.15, 0.2) is 0 Å². The normalized spacial score (nSPS) is 15.4. The van der Waals surface area contributed by atoms with Gasteiger partial charge in [0, 0.05) is 0 Å². The van der Waals surface area contributed by atoms with Crippen LogP contribution in [0.25, 0.3) is 6.08 Å². The van der Waals surface area contributed by atoms with Crippen LogP contribution in [-0.4, -0.2) is 35.8 Å². The van der Waals surface area contributed by atoms with E-state index in [1.807, 2.05) is 55.5 Å². The summed E-state index contributed by atoms with van der Waals surface area (Å²) < 4.78 is 11.3. The lowest BCUT2D eigenvalue weighted by molar-refractivity contribution is -0.123. The Bertz CT molecular complexity index is 888. The molecule has 0 spiro atoms. The first kappa shape index (κ1) is 21.0. The number of aryl methyl sites for hydroxylation is 1. The van der Waals surface area contributed by atoms with Crippen molar-refractivity contribution in [3.8, 4) is 11.5 Å². The van der Waals surface area contributed by atoms with E-state index < -0.39 is 0 Å². The van der Waals surface area contributed by atoms with Crippen molar-refractivity contribution in [3.63, 3.8) is 0 Å². The van der Waals surface area contributed by atoms with Gasteiger partial charge >= 0.3 is 0 Å². The van der Waals surface area contributed by atoms with Crippen LogP contribution in [0.1, 0.15) is 25.0 Å². The van der Waals surface area contributed by atoms with Crippen LogP contribution in [0.4, 0.5) is 4.79 Å². The molecule has 2 aromatic carbocycles. The quantitative estimate of drug-likeness (QED) is 0.563. The number of carbonyl (C=O) groups excluding carboxylic acids is 2. The SMILES string of the molecule is Cc1ccc(OCCN2C(=O)S/C(=C\c3ccc(OCC(C)C)cc3)C2=O)cc1. The van der Waals surface area contributed by atoms with Crippen LogP contribution < -0.4 is 9.47 Å². The van der Waals surface area contributed by atoms with Crippen LogP contribution in [0.2, 0.25) is 0 Å². The second-order valence-electron chi connectivity index (χ2n) is 7.27. The number of rotatable bonds is 8. The van der Waals surface area contributed by atoms with Crippen molar-refractivity contribution in [2.75, 3.05) is 19.8 Å². The van der Waals surface area contributed by atoms with Gasteiger partial charge in [0.25, 0.3) is 11.1 Å². The number of imide groups is 1. The highest BCUT2D eigenvalue weighted by atomic mass is 32.2. The molecule has 0 aromatic heterocycles. The van der Waals surface area contributed by atoms with Crippen molar-refractivity contribution in [3.05, 3.63) is 64.6 Å². The fourth-order valence-electron chi connectivity index (χ4n) is 2.66. The third kappa shape index (κ3) is 5.87. The Kier molecular flexibility index (Phi) is 6.99. The van der Waals surface area contributed by atoms with Crippen molar-refractivity contribution in [2.45, 2.75) is 20.8 Å². The zero-order chi connectivity index (χ0) is 20.8. The van der Waals surface area contributed by atoms with Gasteiger partial charge in [-0.1, -0.05) is 43.7 Å². The van der Waals surface area contributed by atoms with E-state index in [2.05, 4.69) is 13.8 Å². The van der Waals surface area contributed by atoms with Crippen LogP contribution in [-0.2, 0) is 4.79 Å². The molecular weight excluding hydrogens is 386 g/mol. The van der Waals surface area contributed by atoms with Crippen molar-refractivity contribution in [1.29, 1.82) is 0 Å². The van der Waals surface area contributed by atoms with Gasteiger partial charge in [-0.25, -0.2) is 0 Å². The van der Waals surface area contributed by atoms with Gasteiger partial charge < -0.3 is 9.47 Å². The summed E-state index contributed by atoms with van der Waals surface area (Å²) in [4.78, 5) is 26.5. The van der Waals surface area contributed by atoms with Gasteiger partial charge in [-0.05, 0) is 60.5 Å².